The van der Waals surface area contributed by atoms with Crippen molar-refractivity contribution in [3.63, 3.8) is 0 Å². The van der Waals surface area contributed by atoms with E-state index in [9.17, 15) is 4.79 Å². The lowest BCUT2D eigenvalue weighted by Gasteiger charge is -2.28. The van der Waals surface area contributed by atoms with Crippen molar-refractivity contribution in [1.82, 2.24) is 15.0 Å². The molecular formula is C23H23N3O4. The molecule has 1 fully saturated rings. The number of pyridine rings is 1. The molecule has 0 radical (unpaired) electrons. The SMILES string of the molecule is Cc1cc(-c2cc(C(=O)N(C3CC3)C(C)c3ccco3)c3c(C)noc3n2)c(C)o1. The van der Waals surface area contributed by atoms with Gasteiger partial charge in [-0.15, -0.1) is 0 Å². The van der Waals surface area contributed by atoms with E-state index in [0.717, 1.165) is 35.7 Å². The lowest BCUT2D eigenvalue weighted by Crippen LogP contribution is -2.35. The van der Waals surface area contributed by atoms with Gasteiger partial charge in [-0.1, -0.05) is 5.16 Å². The zero-order chi connectivity index (χ0) is 21.0. The fourth-order valence-electron chi connectivity index (χ4n) is 4.10. The number of amides is 1. The summed E-state index contributed by atoms with van der Waals surface area (Å²) < 4.78 is 16.7. The second-order valence-electron chi connectivity index (χ2n) is 7.97. The van der Waals surface area contributed by atoms with Crippen LogP contribution >= 0.6 is 0 Å². The molecule has 154 valence electrons. The monoisotopic (exact) mass is 405 g/mol. The van der Waals surface area contributed by atoms with Crippen LogP contribution in [0.2, 0.25) is 0 Å². The first-order valence-corrected chi connectivity index (χ1v) is 10.1. The molecule has 1 saturated carbocycles. The van der Waals surface area contributed by atoms with Gasteiger partial charge in [0.15, 0.2) is 0 Å². The Kier molecular flexibility index (Phi) is 4.27. The summed E-state index contributed by atoms with van der Waals surface area (Å²) in [4.78, 5) is 20.4. The van der Waals surface area contributed by atoms with Crippen LogP contribution in [-0.2, 0) is 0 Å². The molecule has 4 aromatic rings. The van der Waals surface area contributed by atoms with Gasteiger partial charge in [-0.05, 0) is 64.8 Å². The number of carbonyl (C=O) groups excluding carboxylic acids is 1. The number of hydrogen-bond acceptors (Lipinski definition) is 6. The molecule has 5 rings (SSSR count). The van der Waals surface area contributed by atoms with Crippen LogP contribution in [0.3, 0.4) is 0 Å². The van der Waals surface area contributed by atoms with E-state index in [1.165, 1.54) is 0 Å². The molecule has 0 saturated heterocycles. The number of aryl methyl sites for hydroxylation is 3. The van der Waals surface area contributed by atoms with Gasteiger partial charge in [0.25, 0.3) is 11.6 Å². The molecular weight excluding hydrogens is 382 g/mol. The Morgan fingerprint density at radius 3 is 2.67 bits per heavy atom. The molecule has 7 nitrogen and oxygen atoms in total. The predicted octanol–water partition coefficient (Wildman–Crippen LogP) is 5.37. The van der Waals surface area contributed by atoms with Crippen LogP contribution in [0.1, 0.15) is 59.1 Å². The number of carbonyl (C=O) groups is 1. The van der Waals surface area contributed by atoms with E-state index in [-0.39, 0.29) is 18.0 Å². The average molecular weight is 405 g/mol. The molecule has 1 amide bonds. The Morgan fingerprint density at radius 2 is 2.03 bits per heavy atom. The molecule has 4 aromatic heterocycles. The molecule has 30 heavy (non-hydrogen) atoms. The van der Waals surface area contributed by atoms with Crippen molar-refractivity contribution in [2.45, 2.75) is 52.6 Å². The third-order valence-electron chi connectivity index (χ3n) is 5.71. The summed E-state index contributed by atoms with van der Waals surface area (Å²) in [6, 6.07) is 7.52. The van der Waals surface area contributed by atoms with E-state index < -0.39 is 0 Å². The number of hydrogen-bond donors (Lipinski definition) is 0. The molecule has 1 aliphatic carbocycles. The van der Waals surface area contributed by atoms with Gasteiger partial charge in [-0.2, -0.15) is 0 Å². The molecule has 1 atom stereocenters. The zero-order valence-electron chi connectivity index (χ0n) is 17.4. The van der Waals surface area contributed by atoms with E-state index >= 15 is 0 Å². The van der Waals surface area contributed by atoms with Crippen molar-refractivity contribution >= 4 is 17.0 Å². The summed E-state index contributed by atoms with van der Waals surface area (Å²) in [5.41, 5.74) is 3.02. The lowest BCUT2D eigenvalue weighted by molar-refractivity contribution is 0.0654. The second-order valence-corrected chi connectivity index (χ2v) is 7.97. The number of fused-ring (bicyclic) bond motifs is 1. The molecule has 1 unspecified atom stereocenters. The van der Waals surface area contributed by atoms with Gasteiger partial charge in [0, 0.05) is 11.6 Å². The lowest BCUT2D eigenvalue weighted by atomic mass is 10.0. The van der Waals surface area contributed by atoms with Gasteiger partial charge >= 0.3 is 0 Å². The van der Waals surface area contributed by atoms with Crippen molar-refractivity contribution in [2.75, 3.05) is 0 Å². The maximum atomic E-state index is 13.9. The van der Waals surface area contributed by atoms with Crippen LogP contribution in [0.25, 0.3) is 22.4 Å². The van der Waals surface area contributed by atoms with Crippen molar-refractivity contribution in [2.24, 2.45) is 0 Å². The Bertz CT molecular complexity index is 1230. The summed E-state index contributed by atoms with van der Waals surface area (Å²) >= 11 is 0. The summed E-state index contributed by atoms with van der Waals surface area (Å²) in [6.45, 7) is 7.60. The van der Waals surface area contributed by atoms with Gasteiger partial charge < -0.3 is 18.3 Å². The standard InChI is InChI=1S/C23H23N3O4/c1-12-10-17(15(4)29-12)19-11-18(21-13(2)25-30-22(21)24-19)23(27)26(16-7-8-16)14(3)20-6-5-9-28-20/h5-6,9-11,14,16H,7-8H2,1-4H3. The molecule has 0 spiro atoms. The van der Waals surface area contributed by atoms with E-state index in [2.05, 4.69) is 10.1 Å². The van der Waals surface area contributed by atoms with Gasteiger partial charge in [-0.3, -0.25) is 4.79 Å². The first-order chi connectivity index (χ1) is 14.4. The highest BCUT2D eigenvalue weighted by atomic mass is 16.5. The zero-order valence-corrected chi connectivity index (χ0v) is 17.4. The number of nitrogens with zero attached hydrogens (tertiary/aromatic N) is 3. The Labute approximate surface area is 173 Å². The van der Waals surface area contributed by atoms with Gasteiger partial charge in [-0.25, -0.2) is 4.98 Å². The van der Waals surface area contributed by atoms with E-state index in [1.54, 1.807) is 6.26 Å². The quantitative estimate of drug-likeness (QED) is 0.444. The number of aromatic nitrogens is 2. The first-order valence-electron chi connectivity index (χ1n) is 10.1. The molecule has 0 aromatic carbocycles. The van der Waals surface area contributed by atoms with Crippen LogP contribution in [0.4, 0.5) is 0 Å². The fourth-order valence-corrected chi connectivity index (χ4v) is 4.10. The predicted molar refractivity (Wildman–Crippen MR) is 110 cm³/mol. The summed E-state index contributed by atoms with van der Waals surface area (Å²) in [5, 5.41) is 4.72. The van der Waals surface area contributed by atoms with Crippen molar-refractivity contribution in [3.05, 3.63) is 59.1 Å². The van der Waals surface area contributed by atoms with E-state index in [1.807, 2.05) is 56.9 Å². The molecule has 0 bridgehead atoms. The van der Waals surface area contributed by atoms with Crippen LogP contribution in [-0.4, -0.2) is 27.0 Å². The highest BCUT2D eigenvalue weighted by Gasteiger charge is 2.39. The second kappa shape index (κ2) is 6.86. The minimum absolute atomic E-state index is 0.0702. The molecule has 0 aliphatic heterocycles. The van der Waals surface area contributed by atoms with Gasteiger partial charge in [0.1, 0.15) is 17.3 Å². The highest BCUT2D eigenvalue weighted by Crippen LogP contribution is 2.38. The average Bonchev–Trinajstić information content (AvgIpc) is 3.11. The van der Waals surface area contributed by atoms with Crippen LogP contribution in [0.15, 0.2) is 43.9 Å². The Hall–Kier alpha value is -3.35. The summed E-state index contributed by atoms with van der Waals surface area (Å²) in [7, 11) is 0. The van der Waals surface area contributed by atoms with Crippen molar-refractivity contribution in [3.8, 4) is 11.3 Å². The highest BCUT2D eigenvalue weighted by molar-refractivity contribution is 6.07. The van der Waals surface area contributed by atoms with Gasteiger partial charge in [0.05, 0.1) is 34.6 Å². The Morgan fingerprint density at radius 1 is 1.23 bits per heavy atom. The van der Waals surface area contributed by atoms with Gasteiger partial charge in [0.2, 0.25) is 0 Å². The Balaban J connectivity index is 1.65. The summed E-state index contributed by atoms with van der Waals surface area (Å²) in [6.07, 6.45) is 3.61. The maximum Gasteiger partial charge on any atom is 0.259 e. The topological polar surface area (TPSA) is 85.5 Å². The third-order valence-corrected chi connectivity index (χ3v) is 5.71. The third kappa shape index (κ3) is 3.01. The molecule has 1 aliphatic rings. The minimum atomic E-state index is -0.176. The minimum Gasteiger partial charge on any atom is -0.467 e. The fraction of sp³-hybridized carbons (Fsp3) is 0.348. The number of rotatable bonds is 5. The number of furan rings is 2. The van der Waals surface area contributed by atoms with Crippen LogP contribution in [0.5, 0.6) is 0 Å². The maximum absolute atomic E-state index is 13.9. The van der Waals surface area contributed by atoms with Crippen molar-refractivity contribution in [1.29, 1.82) is 0 Å². The van der Waals surface area contributed by atoms with E-state index in [0.29, 0.717) is 28.1 Å². The smallest absolute Gasteiger partial charge is 0.259 e. The molecule has 0 N–H and O–H groups in total. The molecule has 7 heteroatoms. The largest absolute Gasteiger partial charge is 0.467 e. The van der Waals surface area contributed by atoms with Crippen molar-refractivity contribution < 1.29 is 18.2 Å². The van der Waals surface area contributed by atoms with Crippen LogP contribution < -0.4 is 0 Å². The van der Waals surface area contributed by atoms with E-state index in [4.69, 9.17) is 13.4 Å². The first kappa shape index (κ1) is 18.7. The van der Waals surface area contributed by atoms with Crippen LogP contribution in [0, 0.1) is 20.8 Å². The summed E-state index contributed by atoms with van der Waals surface area (Å²) in [5.74, 6) is 2.23. The molecule has 4 heterocycles. The normalized spacial score (nSPS) is 14.9.